The Kier molecular flexibility index (Phi) is 4.39. The van der Waals surface area contributed by atoms with Crippen molar-refractivity contribution in [3.05, 3.63) is 51.2 Å². The second-order valence-electron chi connectivity index (χ2n) is 5.73. The number of carbonyl (C=O) groups is 1. The quantitative estimate of drug-likeness (QED) is 0.777. The number of hydrogen-bond acceptors (Lipinski definition) is 6. The Morgan fingerprint density at radius 1 is 1.25 bits per heavy atom. The smallest absolute Gasteiger partial charge is 0.254 e. The van der Waals surface area contributed by atoms with Crippen LogP contribution in [0.1, 0.15) is 22.6 Å². The molecular weight excluding hydrogens is 326 g/mol. The number of amides is 1. The summed E-state index contributed by atoms with van der Waals surface area (Å²) in [7, 11) is 1.72. The Balaban J connectivity index is 1.74. The summed E-state index contributed by atoms with van der Waals surface area (Å²) in [6.07, 6.45) is 0.0332. The molecule has 124 valence electrons. The largest absolute Gasteiger partial charge is 0.341 e. The van der Waals surface area contributed by atoms with Crippen LogP contribution < -0.4 is 5.56 Å². The number of nitrogens with one attached hydrogen (secondary N) is 1. The van der Waals surface area contributed by atoms with E-state index in [-0.39, 0.29) is 17.9 Å². The fourth-order valence-electron chi connectivity index (χ4n) is 2.53. The Hall–Kier alpha value is -2.61. The number of benzene rings is 1. The molecule has 0 radical (unpaired) electrons. The van der Waals surface area contributed by atoms with E-state index in [0.717, 1.165) is 16.6 Å². The van der Waals surface area contributed by atoms with Crippen LogP contribution in [0.15, 0.2) is 23.0 Å². The highest BCUT2D eigenvalue weighted by molar-refractivity contribution is 7.00. The van der Waals surface area contributed by atoms with Crippen LogP contribution in [0.25, 0.3) is 11.0 Å². The summed E-state index contributed by atoms with van der Waals surface area (Å²) in [5, 5.41) is 0. The zero-order chi connectivity index (χ0) is 17.3. The molecule has 0 fully saturated rings. The van der Waals surface area contributed by atoms with Crippen LogP contribution in [0.5, 0.6) is 0 Å². The van der Waals surface area contributed by atoms with Crippen LogP contribution in [0.2, 0.25) is 0 Å². The van der Waals surface area contributed by atoms with E-state index in [1.54, 1.807) is 25.8 Å². The average Bonchev–Trinajstić information content (AvgIpc) is 2.98. The van der Waals surface area contributed by atoms with Gasteiger partial charge in [0.05, 0.1) is 18.1 Å². The lowest BCUT2D eigenvalue weighted by molar-refractivity contribution is -0.129. The highest BCUT2D eigenvalue weighted by Gasteiger charge is 2.15. The summed E-state index contributed by atoms with van der Waals surface area (Å²) in [4.78, 5) is 32.9. The molecule has 1 amide bonds. The lowest BCUT2D eigenvalue weighted by atomic mass is 10.1. The maximum atomic E-state index is 12.4. The molecule has 2 heterocycles. The Morgan fingerprint density at radius 2 is 2.00 bits per heavy atom. The number of rotatable bonds is 4. The third-order valence-corrected chi connectivity index (χ3v) is 4.39. The first-order valence-corrected chi connectivity index (χ1v) is 8.18. The molecule has 0 atom stereocenters. The number of nitrogens with zero attached hydrogens (tertiary/aromatic N) is 4. The van der Waals surface area contributed by atoms with Crippen LogP contribution >= 0.6 is 11.7 Å². The van der Waals surface area contributed by atoms with E-state index < -0.39 is 0 Å². The van der Waals surface area contributed by atoms with Crippen molar-refractivity contribution < 1.29 is 4.79 Å². The highest BCUT2D eigenvalue weighted by atomic mass is 32.1. The van der Waals surface area contributed by atoms with Crippen molar-refractivity contribution >= 4 is 28.7 Å². The predicted molar refractivity (Wildman–Crippen MR) is 91.9 cm³/mol. The van der Waals surface area contributed by atoms with Gasteiger partial charge in [0.2, 0.25) is 5.91 Å². The van der Waals surface area contributed by atoms with Gasteiger partial charge < -0.3 is 9.88 Å². The van der Waals surface area contributed by atoms with Gasteiger partial charge >= 0.3 is 0 Å². The third kappa shape index (κ3) is 3.33. The summed E-state index contributed by atoms with van der Waals surface area (Å²) in [5.41, 5.74) is 3.40. The van der Waals surface area contributed by atoms with Crippen molar-refractivity contribution in [2.75, 3.05) is 7.05 Å². The number of fused-ring (bicyclic) bond motifs is 1. The van der Waals surface area contributed by atoms with Gasteiger partial charge in [-0.1, -0.05) is 6.07 Å². The van der Waals surface area contributed by atoms with Gasteiger partial charge in [0.1, 0.15) is 16.9 Å². The van der Waals surface area contributed by atoms with Crippen molar-refractivity contribution in [1.29, 1.82) is 0 Å². The lowest BCUT2D eigenvalue weighted by Crippen LogP contribution is -2.31. The topological polar surface area (TPSA) is 91.8 Å². The first kappa shape index (κ1) is 16.3. The van der Waals surface area contributed by atoms with E-state index in [2.05, 4.69) is 18.7 Å². The van der Waals surface area contributed by atoms with Gasteiger partial charge in [0, 0.05) is 24.8 Å². The highest BCUT2D eigenvalue weighted by Crippen LogP contribution is 2.15. The van der Waals surface area contributed by atoms with Crippen molar-refractivity contribution in [1.82, 2.24) is 23.6 Å². The van der Waals surface area contributed by atoms with Gasteiger partial charge in [-0.3, -0.25) is 9.59 Å². The first-order chi connectivity index (χ1) is 11.4. The summed E-state index contributed by atoms with van der Waals surface area (Å²) < 4.78 is 8.37. The molecule has 2 aromatic heterocycles. The second-order valence-corrected chi connectivity index (χ2v) is 6.26. The molecule has 0 saturated carbocycles. The van der Waals surface area contributed by atoms with E-state index in [1.165, 1.54) is 11.7 Å². The van der Waals surface area contributed by atoms with E-state index >= 15 is 0 Å². The number of carbonyl (C=O) groups excluding carboxylic acids is 1. The van der Waals surface area contributed by atoms with Crippen molar-refractivity contribution in [2.45, 2.75) is 26.8 Å². The molecule has 0 spiro atoms. The molecule has 0 unspecified atom stereocenters. The number of likely N-dealkylation sites (N-methyl/N-ethyl adjacent to an activating group) is 1. The Morgan fingerprint density at radius 3 is 2.75 bits per heavy atom. The third-order valence-electron chi connectivity index (χ3n) is 3.83. The molecule has 0 saturated heterocycles. The second kappa shape index (κ2) is 6.48. The van der Waals surface area contributed by atoms with E-state index in [1.807, 2.05) is 18.2 Å². The molecule has 1 aromatic carbocycles. The van der Waals surface area contributed by atoms with Gasteiger partial charge in [-0.25, -0.2) is 4.98 Å². The van der Waals surface area contributed by atoms with Gasteiger partial charge in [-0.2, -0.15) is 8.75 Å². The van der Waals surface area contributed by atoms with Gasteiger partial charge in [-0.15, -0.1) is 0 Å². The molecular formula is C16H17N5O2S. The number of aromatic amines is 1. The zero-order valence-electron chi connectivity index (χ0n) is 13.7. The molecule has 0 bridgehead atoms. The monoisotopic (exact) mass is 343 g/mol. The lowest BCUT2D eigenvalue weighted by Gasteiger charge is -2.17. The average molecular weight is 343 g/mol. The molecule has 0 aliphatic rings. The fraction of sp³-hybridized carbons (Fsp3) is 0.312. The molecule has 0 aliphatic heterocycles. The fourth-order valence-corrected chi connectivity index (χ4v) is 3.05. The molecule has 1 N–H and O–H groups in total. The first-order valence-electron chi connectivity index (χ1n) is 7.45. The summed E-state index contributed by atoms with van der Waals surface area (Å²) in [6, 6.07) is 5.75. The Bertz CT molecular complexity index is 963. The van der Waals surface area contributed by atoms with Gasteiger partial charge in [0.25, 0.3) is 5.56 Å². The number of hydrogen-bond donors (Lipinski definition) is 1. The van der Waals surface area contributed by atoms with Crippen molar-refractivity contribution in [3.8, 4) is 0 Å². The van der Waals surface area contributed by atoms with Gasteiger partial charge in [0.15, 0.2) is 0 Å². The summed E-state index contributed by atoms with van der Waals surface area (Å²) >= 11 is 1.17. The Labute approximate surface area is 142 Å². The molecule has 24 heavy (non-hydrogen) atoms. The number of aryl methyl sites for hydroxylation is 2. The van der Waals surface area contributed by atoms with Crippen molar-refractivity contribution in [3.63, 3.8) is 0 Å². The van der Waals surface area contributed by atoms with E-state index in [0.29, 0.717) is 23.6 Å². The predicted octanol–water partition coefficient (Wildman–Crippen LogP) is 1.59. The van der Waals surface area contributed by atoms with Crippen LogP contribution in [0, 0.1) is 13.8 Å². The molecule has 7 nitrogen and oxygen atoms in total. The van der Waals surface area contributed by atoms with Crippen LogP contribution in [-0.4, -0.2) is 36.6 Å². The maximum Gasteiger partial charge on any atom is 0.254 e. The minimum absolute atomic E-state index is 0.0332. The van der Waals surface area contributed by atoms with Crippen LogP contribution in [-0.2, 0) is 17.8 Å². The minimum Gasteiger partial charge on any atom is -0.341 e. The van der Waals surface area contributed by atoms with Crippen LogP contribution in [0.4, 0.5) is 0 Å². The van der Waals surface area contributed by atoms with Crippen LogP contribution in [0.3, 0.4) is 0 Å². The molecule has 0 aliphatic carbocycles. The van der Waals surface area contributed by atoms with E-state index in [9.17, 15) is 9.59 Å². The summed E-state index contributed by atoms with van der Waals surface area (Å²) in [5.74, 6) is 0.415. The normalized spacial score (nSPS) is 11.0. The minimum atomic E-state index is -0.253. The van der Waals surface area contributed by atoms with E-state index in [4.69, 9.17) is 0 Å². The zero-order valence-corrected chi connectivity index (χ0v) is 14.5. The SMILES string of the molecule is Cc1nc(C)c(CC(=O)N(C)Cc2ccc3nsnc3c2)c(=O)[nH]1. The number of aromatic nitrogens is 4. The summed E-state index contributed by atoms with van der Waals surface area (Å²) in [6.45, 7) is 3.91. The van der Waals surface area contributed by atoms with Crippen molar-refractivity contribution in [2.24, 2.45) is 0 Å². The molecule has 3 rings (SSSR count). The number of H-pyrrole nitrogens is 1. The molecule has 8 heteroatoms. The van der Waals surface area contributed by atoms with Gasteiger partial charge in [-0.05, 0) is 31.5 Å². The molecule has 3 aromatic rings. The standard InChI is InChI=1S/C16H17N5O2S/c1-9-12(16(23)18-10(2)17-9)7-15(22)21(3)8-11-4-5-13-14(6-11)20-24-19-13/h4-6H,7-8H2,1-3H3,(H,17,18,23). The maximum absolute atomic E-state index is 12.4.